The molecule has 0 atom stereocenters. The predicted molar refractivity (Wildman–Crippen MR) is 63.1 cm³/mol. The molecule has 0 aliphatic heterocycles. The number of esters is 1. The molecule has 5 heteroatoms. The molecule has 0 aliphatic carbocycles. The molecule has 2 radical (unpaired) electrons. The van der Waals surface area contributed by atoms with Crippen molar-refractivity contribution < 1.29 is 9.53 Å². The summed E-state index contributed by atoms with van der Waals surface area (Å²) < 4.78 is 6.21. The third-order valence-electron chi connectivity index (χ3n) is 1.62. The van der Waals surface area contributed by atoms with Gasteiger partial charge in [0.15, 0.2) is 0 Å². The van der Waals surface area contributed by atoms with E-state index < -0.39 is 27.1 Å². The summed E-state index contributed by atoms with van der Waals surface area (Å²) in [5, 5.41) is 0. The Hall–Kier alpha value is -0.651. The number of ether oxygens (including phenoxy) is 1. The van der Waals surface area contributed by atoms with Crippen molar-refractivity contribution in [2.24, 2.45) is 0 Å². The summed E-state index contributed by atoms with van der Waals surface area (Å²) in [6.45, 7) is 8.72. The Bertz CT molecular complexity index is 374. The maximum absolute atomic E-state index is 11.4. The molecule has 0 aromatic carbocycles. The van der Waals surface area contributed by atoms with Crippen molar-refractivity contribution >= 4 is 30.8 Å². The number of nitrogens with zero attached hydrogens (tertiary/aromatic N) is 2. The van der Waals surface area contributed by atoms with Gasteiger partial charge in [-0.15, -0.1) is 0 Å². The number of rotatable bonds is 3. The quantitative estimate of drug-likeness (QED) is 0.618. The second kappa shape index (κ2) is 5.61. The van der Waals surface area contributed by atoms with Gasteiger partial charge in [-0.25, -0.2) is 0 Å². The summed E-state index contributed by atoms with van der Waals surface area (Å²) >= 11 is -0.792. The molecule has 0 N–H and O–H groups in total. The van der Waals surface area contributed by atoms with E-state index >= 15 is 0 Å². The fraction of sp³-hybridized carbons (Fsp3) is 0.545. The molecule has 1 heterocycles. The SMILES string of the molecule is CCOC(=O)c1ncc[c]([Sn][C](C)(C)C)n1. The van der Waals surface area contributed by atoms with Crippen molar-refractivity contribution in [2.75, 3.05) is 6.61 Å². The second-order valence-electron chi connectivity index (χ2n) is 4.36. The molecule has 16 heavy (non-hydrogen) atoms. The first-order valence-corrected chi connectivity index (χ1v) is 8.06. The van der Waals surface area contributed by atoms with E-state index in [0.717, 1.165) is 3.71 Å². The van der Waals surface area contributed by atoms with E-state index in [1.54, 1.807) is 13.1 Å². The Balaban J connectivity index is 2.83. The van der Waals surface area contributed by atoms with E-state index in [4.69, 9.17) is 4.74 Å². The molecule has 1 aromatic heterocycles. The molecule has 0 fully saturated rings. The van der Waals surface area contributed by atoms with Crippen LogP contribution in [0.3, 0.4) is 0 Å². The Morgan fingerprint density at radius 1 is 1.50 bits per heavy atom. The second-order valence-corrected chi connectivity index (χ2v) is 10.8. The summed E-state index contributed by atoms with van der Waals surface area (Å²) in [5.41, 5.74) is 0. The van der Waals surface area contributed by atoms with Gasteiger partial charge in [0.05, 0.1) is 0 Å². The number of hydrogen-bond acceptors (Lipinski definition) is 4. The Morgan fingerprint density at radius 3 is 2.75 bits per heavy atom. The van der Waals surface area contributed by atoms with Gasteiger partial charge >= 0.3 is 106 Å². The number of aromatic nitrogens is 2. The van der Waals surface area contributed by atoms with Crippen LogP contribution >= 0.6 is 0 Å². The molecule has 0 amide bonds. The van der Waals surface area contributed by atoms with Crippen molar-refractivity contribution in [3.05, 3.63) is 18.1 Å². The van der Waals surface area contributed by atoms with Crippen molar-refractivity contribution in [2.45, 2.75) is 31.1 Å². The summed E-state index contributed by atoms with van der Waals surface area (Å²) in [4.78, 5) is 19.6. The molecule has 0 aliphatic rings. The Labute approximate surface area is 106 Å². The molecule has 0 bridgehead atoms. The van der Waals surface area contributed by atoms with Crippen LogP contribution < -0.4 is 3.71 Å². The molecule has 0 saturated carbocycles. The predicted octanol–water partition coefficient (Wildman–Crippen LogP) is 1.20. The molecular formula is C11H16N2O2Sn. The van der Waals surface area contributed by atoms with Crippen LogP contribution in [0.15, 0.2) is 12.3 Å². The molecular weight excluding hydrogens is 311 g/mol. The third kappa shape index (κ3) is 4.47. The van der Waals surface area contributed by atoms with Gasteiger partial charge in [-0.2, -0.15) is 0 Å². The van der Waals surface area contributed by atoms with E-state index in [-0.39, 0.29) is 5.82 Å². The molecule has 86 valence electrons. The Kier molecular flexibility index (Phi) is 4.70. The van der Waals surface area contributed by atoms with Crippen LogP contribution in [0.25, 0.3) is 0 Å². The van der Waals surface area contributed by atoms with E-state index in [1.165, 1.54) is 0 Å². The monoisotopic (exact) mass is 328 g/mol. The van der Waals surface area contributed by atoms with Gasteiger partial charge in [0, 0.05) is 0 Å². The summed E-state index contributed by atoms with van der Waals surface area (Å²) in [7, 11) is 0. The minimum absolute atomic E-state index is 0.185. The summed E-state index contributed by atoms with van der Waals surface area (Å²) in [6, 6.07) is 1.90. The van der Waals surface area contributed by atoms with E-state index in [2.05, 4.69) is 30.7 Å². The van der Waals surface area contributed by atoms with Crippen LogP contribution in [0.1, 0.15) is 38.3 Å². The molecule has 1 aromatic rings. The average Bonchev–Trinajstić information content (AvgIpc) is 2.16. The zero-order chi connectivity index (χ0) is 12.2. The van der Waals surface area contributed by atoms with Gasteiger partial charge in [-0.1, -0.05) is 0 Å². The van der Waals surface area contributed by atoms with Gasteiger partial charge in [0.1, 0.15) is 0 Å². The maximum atomic E-state index is 11.4. The van der Waals surface area contributed by atoms with Gasteiger partial charge < -0.3 is 0 Å². The van der Waals surface area contributed by atoms with Crippen molar-refractivity contribution in [1.29, 1.82) is 0 Å². The van der Waals surface area contributed by atoms with Crippen LogP contribution in [0, 0.1) is 0 Å². The Morgan fingerprint density at radius 2 is 2.19 bits per heavy atom. The van der Waals surface area contributed by atoms with E-state index in [0.29, 0.717) is 10.0 Å². The first kappa shape index (κ1) is 13.4. The first-order valence-electron chi connectivity index (χ1n) is 5.21. The first-order chi connectivity index (χ1) is 7.42. The van der Waals surface area contributed by atoms with Crippen molar-refractivity contribution in [1.82, 2.24) is 9.97 Å². The standard InChI is InChI=1S/C7H7N2O2.C4H9.Sn/c1-2-11-7(10)6-8-4-3-5-9-6;1-4(2)3;/h3-4H,2H2,1H3;1-3H3;. The molecule has 0 unspecified atom stereocenters. The topological polar surface area (TPSA) is 52.1 Å². The van der Waals surface area contributed by atoms with Gasteiger partial charge in [-0.3, -0.25) is 0 Å². The van der Waals surface area contributed by atoms with Crippen LogP contribution in [0.5, 0.6) is 0 Å². The molecule has 0 spiro atoms. The van der Waals surface area contributed by atoms with Crippen LogP contribution in [0.4, 0.5) is 0 Å². The molecule has 1 rings (SSSR count). The van der Waals surface area contributed by atoms with Gasteiger partial charge in [-0.05, 0) is 0 Å². The number of carbonyl (C=O) groups excluding carboxylic acids is 1. The number of hydrogen-bond donors (Lipinski definition) is 0. The van der Waals surface area contributed by atoms with Crippen LogP contribution in [-0.4, -0.2) is 43.7 Å². The van der Waals surface area contributed by atoms with Gasteiger partial charge in [0.25, 0.3) is 0 Å². The fourth-order valence-electron chi connectivity index (χ4n) is 1.11. The van der Waals surface area contributed by atoms with Crippen LogP contribution in [-0.2, 0) is 4.74 Å². The minimum atomic E-state index is -0.792. The zero-order valence-electron chi connectivity index (χ0n) is 10.1. The van der Waals surface area contributed by atoms with Gasteiger partial charge in [0.2, 0.25) is 0 Å². The number of carbonyl (C=O) groups is 1. The molecule has 4 nitrogen and oxygen atoms in total. The zero-order valence-corrected chi connectivity index (χ0v) is 12.9. The van der Waals surface area contributed by atoms with Crippen LogP contribution in [0.2, 0.25) is 3.43 Å². The third-order valence-corrected chi connectivity index (χ3v) is 5.28. The van der Waals surface area contributed by atoms with Crippen molar-refractivity contribution in [3.63, 3.8) is 0 Å². The van der Waals surface area contributed by atoms with E-state index in [1.807, 2.05) is 6.07 Å². The summed E-state index contributed by atoms with van der Waals surface area (Å²) in [5.74, 6) is -0.248. The van der Waals surface area contributed by atoms with Crippen molar-refractivity contribution in [3.8, 4) is 0 Å². The summed E-state index contributed by atoms with van der Waals surface area (Å²) in [6.07, 6.45) is 1.64. The fourth-order valence-corrected chi connectivity index (χ4v) is 4.21. The average molecular weight is 327 g/mol. The normalized spacial score (nSPS) is 11.2. The molecule has 0 saturated heterocycles. The van der Waals surface area contributed by atoms with E-state index in [9.17, 15) is 4.79 Å².